The monoisotopic (exact) mass is 246 g/mol. The molecule has 0 aliphatic carbocycles. The first-order chi connectivity index (χ1) is 7.04. The number of rotatable bonds is 4. The normalized spacial score (nSPS) is 14.7. The number of nitrogens with one attached hydrogen (secondary N) is 1. The number of carbonyl (C=O) groups is 1. The lowest BCUT2D eigenvalue weighted by molar-refractivity contribution is -0.123. The number of hydrogen-bond acceptors (Lipinski definition) is 3. The van der Waals surface area contributed by atoms with Gasteiger partial charge in [-0.3, -0.25) is 4.79 Å². The molecular weight excluding hydrogens is 232 g/mol. The van der Waals surface area contributed by atoms with Crippen LogP contribution in [-0.2, 0) is 4.79 Å². The SMILES string of the molecule is CC[C@H](N)C(=O)N[C@@H](C)c1ccc(Cl)s1. The smallest absolute Gasteiger partial charge is 0.237 e. The highest BCUT2D eigenvalue weighted by atomic mass is 35.5. The van der Waals surface area contributed by atoms with Crippen LogP contribution in [0, 0.1) is 0 Å². The summed E-state index contributed by atoms with van der Waals surface area (Å²) in [7, 11) is 0. The minimum absolute atomic E-state index is 0.0346. The van der Waals surface area contributed by atoms with Gasteiger partial charge in [0.2, 0.25) is 5.91 Å². The molecule has 3 N–H and O–H groups in total. The summed E-state index contributed by atoms with van der Waals surface area (Å²) in [5, 5.41) is 2.85. The maximum Gasteiger partial charge on any atom is 0.237 e. The van der Waals surface area contributed by atoms with E-state index in [1.807, 2.05) is 26.0 Å². The Balaban J connectivity index is 2.56. The molecule has 1 amide bonds. The molecule has 1 heterocycles. The molecule has 0 aromatic carbocycles. The highest BCUT2D eigenvalue weighted by Crippen LogP contribution is 2.26. The minimum Gasteiger partial charge on any atom is -0.347 e. The molecule has 0 aliphatic heterocycles. The largest absolute Gasteiger partial charge is 0.347 e. The molecule has 1 rings (SSSR count). The molecule has 0 saturated carbocycles. The van der Waals surface area contributed by atoms with E-state index in [-0.39, 0.29) is 11.9 Å². The summed E-state index contributed by atoms with van der Waals surface area (Å²) in [6, 6.07) is 3.27. The van der Waals surface area contributed by atoms with Gasteiger partial charge in [-0.2, -0.15) is 0 Å². The summed E-state index contributed by atoms with van der Waals surface area (Å²) in [5.41, 5.74) is 5.61. The van der Waals surface area contributed by atoms with E-state index in [1.54, 1.807) is 0 Å². The van der Waals surface area contributed by atoms with Gasteiger partial charge in [0.25, 0.3) is 0 Å². The highest BCUT2D eigenvalue weighted by Gasteiger charge is 2.15. The van der Waals surface area contributed by atoms with Crippen LogP contribution in [0.4, 0.5) is 0 Å². The third kappa shape index (κ3) is 3.48. The van der Waals surface area contributed by atoms with Crippen molar-refractivity contribution >= 4 is 28.8 Å². The van der Waals surface area contributed by atoms with Crippen LogP contribution in [0.15, 0.2) is 12.1 Å². The summed E-state index contributed by atoms with van der Waals surface area (Å²) >= 11 is 7.28. The molecule has 0 fully saturated rings. The molecule has 0 unspecified atom stereocenters. The molecule has 0 radical (unpaired) electrons. The first-order valence-electron chi connectivity index (χ1n) is 4.85. The van der Waals surface area contributed by atoms with E-state index in [4.69, 9.17) is 17.3 Å². The molecule has 2 atom stereocenters. The van der Waals surface area contributed by atoms with E-state index >= 15 is 0 Å². The van der Waals surface area contributed by atoms with Crippen LogP contribution < -0.4 is 11.1 Å². The van der Waals surface area contributed by atoms with Gasteiger partial charge in [0, 0.05) is 4.88 Å². The van der Waals surface area contributed by atoms with Crippen LogP contribution in [0.5, 0.6) is 0 Å². The number of nitrogens with two attached hydrogens (primary N) is 1. The zero-order valence-corrected chi connectivity index (χ0v) is 10.4. The molecule has 5 heteroatoms. The molecule has 0 aliphatic rings. The molecule has 0 spiro atoms. The van der Waals surface area contributed by atoms with E-state index in [1.165, 1.54) is 11.3 Å². The summed E-state index contributed by atoms with van der Waals surface area (Å²) < 4.78 is 0.728. The fraction of sp³-hybridized carbons (Fsp3) is 0.500. The van der Waals surface area contributed by atoms with Crippen molar-refractivity contribution in [2.24, 2.45) is 5.73 Å². The van der Waals surface area contributed by atoms with Crippen LogP contribution in [0.25, 0.3) is 0 Å². The van der Waals surface area contributed by atoms with Gasteiger partial charge in [0.15, 0.2) is 0 Å². The van der Waals surface area contributed by atoms with Crippen LogP contribution in [0.1, 0.15) is 31.2 Å². The van der Waals surface area contributed by atoms with Crippen molar-refractivity contribution in [3.05, 3.63) is 21.3 Å². The number of carbonyl (C=O) groups excluding carboxylic acids is 1. The molecule has 0 saturated heterocycles. The Morgan fingerprint density at radius 2 is 2.33 bits per heavy atom. The minimum atomic E-state index is -0.428. The van der Waals surface area contributed by atoms with Crippen LogP contribution in [0.2, 0.25) is 4.34 Å². The lowest BCUT2D eigenvalue weighted by Crippen LogP contribution is -2.40. The Labute approximate surface area is 98.6 Å². The van der Waals surface area contributed by atoms with Crippen LogP contribution in [0.3, 0.4) is 0 Å². The first kappa shape index (κ1) is 12.5. The van der Waals surface area contributed by atoms with Crippen molar-refractivity contribution in [1.29, 1.82) is 0 Å². The van der Waals surface area contributed by atoms with Gasteiger partial charge in [-0.1, -0.05) is 18.5 Å². The second kappa shape index (κ2) is 5.49. The Morgan fingerprint density at radius 3 is 2.80 bits per heavy atom. The zero-order valence-electron chi connectivity index (χ0n) is 8.79. The van der Waals surface area contributed by atoms with E-state index in [0.717, 1.165) is 9.21 Å². The Hall–Kier alpha value is -0.580. The van der Waals surface area contributed by atoms with Crippen LogP contribution >= 0.6 is 22.9 Å². The van der Waals surface area contributed by atoms with Crippen molar-refractivity contribution in [3.8, 4) is 0 Å². The fourth-order valence-corrected chi connectivity index (χ4v) is 2.20. The third-order valence-corrected chi connectivity index (χ3v) is 3.57. The van der Waals surface area contributed by atoms with Gasteiger partial charge in [0.1, 0.15) is 0 Å². The molecule has 1 aromatic heterocycles. The van der Waals surface area contributed by atoms with Gasteiger partial charge in [-0.05, 0) is 25.5 Å². The second-order valence-electron chi connectivity index (χ2n) is 3.39. The second-order valence-corrected chi connectivity index (χ2v) is 5.13. The summed E-state index contributed by atoms with van der Waals surface area (Å²) in [6.07, 6.45) is 0.643. The lowest BCUT2D eigenvalue weighted by atomic mass is 10.2. The average molecular weight is 247 g/mol. The molecular formula is C10H15ClN2OS. The third-order valence-electron chi connectivity index (χ3n) is 2.16. The van der Waals surface area contributed by atoms with Crippen LogP contribution in [-0.4, -0.2) is 11.9 Å². The molecule has 84 valence electrons. The standard InChI is InChI=1S/C10H15ClN2OS/c1-3-7(12)10(14)13-6(2)8-4-5-9(11)15-8/h4-7H,3,12H2,1-2H3,(H,13,14)/t6-,7-/m0/s1. The van der Waals surface area contributed by atoms with E-state index < -0.39 is 6.04 Å². The summed E-state index contributed by atoms with van der Waals surface area (Å²) in [4.78, 5) is 12.5. The van der Waals surface area contributed by atoms with Crippen molar-refractivity contribution in [2.75, 3.05) is 0 Å². The number of hydrogen-bond donors (Lipinski definition) is 2. The maximum atomic E-state index is 11.5. The van der Waals surface area contributed by atoms with Gasteiger partial charge in [-0.15, -0.1) is 11.3 Å². The Bertz CT molecular complexity index is 340. The van der Waals surface area contributed by atoms with Gasteiger partial charge >= 0.3 is 0 Å². The van der Waals surface area contributed by atoms with Gasteiger partial charge in [-0.25, -0.2) is 0 Å². The van der Waals surface area contributed by atoms with Gasteiger partial charge in [0.05, 0.1) is 16.4 Å². The highest BCUT2D eigenvalue weighted by molar-refractivity contribution is 7.16. The fourth-order valence-electron chi connectivity index (χ4n) is 1.14. The first-order valence-corrected chi connectivity index (χ1v) is 6.05. The molecule has 3 nitrogen and oxygen atoms in total. The van der Waals surface area contributed by atoms with Crippen molar-refractivity contribution < 1.29 is 4.79 Å². The maximum absolute atomic E-state index is 11.5. The quantitative estimate of drug-likeness (QED) is 0.857. The molecule has 1 aromatic rings. The topological polar surface area (TPSA) is 55.1 Å². The Morgan fingerprint density at radius 1 is 1.67 bits per heavy atom. The summed E-state index contributed by atoms with van der Waals surface area (Å²) in [6.45, 7) is 3.80. The lowest BCUT2D eigenvalue weighted by Gasteiger charge is -2.15. The Kier molecular flexibility index (Phi) is 4.57. The van der Waals surface area contributed by atoms with Crippen molar-refractivity contribution in [2.45, 2.75) is 32.4 Å². The number of thiophene rings is 1. The predicted octanol–water partition coefficient (Wildman–Crippen LogP) is 2.32. The number of halogens is 1. The number of amides is 1. The van der Waals surface area contributed by atoms with E-state index in [2.05, 4.69) is 5.32 Å². The van der Waals surface area contributed by atoms with Gasteiger partial charge < -0.3 is 11.1 Å². The molecule has 15 heavy (non-hydrogen) atoms. The van der Waals surface area contributed by atoms with Crippen molar-refractivity contribution in [3.63, 3.8) is 0 Å². The molecule has 0 bridgehead atoms. The van der Waals surface area contributed by atoms with Crippen molar-refractivity contribution in [1.82, 2.24) is 5.32 Å². The zero-order chi connectivity index (χ0) is 11.4. The predicted molar refractivity (Wildman–Crippen MR) is 64.2 cm³/mol. The van der Waals surface area contributed by atoms with E-state index in [9.17, 15) is 4.79 Å². The average Bonchev–Trinajstić information content (AvgIpc) is 2.63. The van der Waals surface area contributed by atoms with E-state index in [0.29, 0.717) is 6.42 Å². The summed E-state index contributed by atoms with van der Waals surface area (Å²) in [5.74, 6) is -0.116.